The topological polar surface area (TPSA) is 90.9 Å². The van der Waals surface area contributed by atoms with Crippen molar-refractivity contribution in [2.24, 2.45) is 4.99 Å². The van der Waals surface area contributed by atoms with Crippen molar-refractivity contribution in [3.63, 3.8) is 0 Å². The molecule has 2 rings (SSSR count). The molecule has 0 saturated carbocycles. The van der Waals surface area contributed by atoms with Crippen LogP contribution in [0.5, 0.6) is 0 Å². The molecule has 0 unspecified atom stereocenters. The van der Waals surface area contributed by atoms with E-state index < -0.39 is 9.84 Å². The maximum atomic E-state index is 11.9. The van der Waals surface area contributed by atoms with Crippen molar-refractivity contribution in [3.05, 3.63) is 64.7 Å². The molecule has 0 spiro atoms. The third-order valence-electron chi connectivity index (χ3n) is 4.39. The molecule has 0 aliphatic rings. The molecule has 0 heterocycles. The van der Waals surface area contributed by atoms with Crippen molar-refractivity contribution in [3.8, 4) is 0 Å². The maximum absolute atomic E-state index is 11.9. The van der Waals surface area contributed by atoms with Gasteiger partial charge in [0.2, 0.25) is 0 Å². The normalized spacial score (nSPS) is 11.4. The minimum atomic E-state index is -3.22. The molecule has 1 amide bonds. The number of rotatable bonds is 6. The number of hydrogen-bond donors (Lipinski definition) is 2. The van der Waals surface area contributed by atoms with E-state index in [1.54, 1.807) is 45.1 Å². The highest BCUT2D eigenvalue weighted by atomic mass is 127. The summed E-state index contributed by atoms with van der Waals surface area (Å²) in [6.07, 6.45) is 1.21. The van der Waals surface area contributed by atoms with Crippen LogP contribution in [0.4, 0.5) is 0 Å². The Hall–Kier alpha value is -2.14. The number of carbonyl (C=O) groups is 1. The number of nitrogens with zero attached hydrogens (tertiary/aromatic N) is 2. The number of hydrogen-bond acceptors (Lipinski definition) is 4. The molecule has 7 nitrogen and oxygen atoms in total. The van der Waals surface area contributed by atoms with Crippen LogP contribution in [-0.2, 0) is 22.9 Å². The third kappa shape index (κ3) is 7.28. The van der Waals surface area contributed by atoms with Crippen molar-refractivity contribution < 1.29 is 13.2 Å². The first-order valence-corrected chi connectivity index (χ1v) is 11.1. The summed E-state index contributed by atoms with van der Waals surface area (Å²) in [6, 6.07) is 12.7. The number of guanidine groups is 1. The Morgan fingerprint density at radius 1 is 1.00 bits per heavy atom. The lowest BCUT2D eigenvalue weighted by molar-refractivity contribution is 0.0827. The molecule has 2 N–H and O–H groups in total. The number of amides is 1. The van der Waals surface area contributed by atoms with Crippen LogP contribution in [0.2, 0.25) is 0 Å². The Balaban J connectivity index is 0.00000450. The van der Waals surface area contributed by atoms with E-state index in [2.05, 4.69) is 15.6 Å². The van der Waals surface area contributed by atoms with E-state index in [1.165, 1.54) is 6.26 Å². The second-order valence-corrected chi connectivity index (χ2v) is 9.03. The molecule has 2 aromatic carbocycles. The van der Waals surface area contributed by atoms with Gasteiger partial charge in [0, 0.05) is 46.1 Å². The molecule has 0 aromatic heterocycles. The molecule has 0 radical (unpaired) electrons. The molecule has 0 atom stereocenters. The fourth-order valence-electron chi connectivity index (χ4n) is 2.85. The van der Waals surface area contributed by atoms with Gasteiger partial charge in [0.25, 0.3) is 5.91 Å². The highest BCUT2D eigenvalue weighted by molar-refractivity contribution is 14.0. The predicted octanol–water partition coefficient (Wildman–Crippen LogP) is 2.58. The Morgan fingerprint density at radius 3 is 2.00 bits per heavy atom. The molecule has 0 fully saturated rings. The number of benzene rings is 2. The first kappa shape index (κ1) is 25.9. The summed E-state index contributed by atoms with van der Waals surface area (Å²) in [5, 5.41) is 6.44. The van der Waals surface area contributed by atoms with Gasteiger partial charge in [-0.3, -0.25) is 9.79 Å². The highest BCUT2D eigenvalue weighted by Crippen LogP contribution is 2.16. The van der Waals surface area contributed by atoms with Gasteiger partial charge < -0.3 is 15.5 Å². The second-order valence-electron chi connectivity index (χ2n) is 7.05. The zero-order valence-corrected chi connectivity index (χ0v) is 21.0. The van der Waals surface area contributed by atoms with E-state index in [-0.39, 0.29) is 29.9 Å². The Morgan fingerprint density at radius 2 is 1.53 bits per heavy atom. The molecule has 0 aliphatic carbocycles. The Kier molecular flexibility index (Phi) is 9.76. The van der Waals surface area contributed by atoms with Crippen molar-refractivity contribution in [1.82, 2.24) is 15.5 Å². The fraction of sp³-hybridized carbons (Fsp3) is 0.333. The van der Waals surface area contributed by atoms with Crippen LogP contribution < -0.4 is 10.6 Å². The zero-order chi connectivity index (χ0) is 21.6. The van der Waals surface area contributed by atoms with Crippen LogP contribution in [0, 0.1) is 6.92 Å². The van der Waals surface area contributed by atoms with Gasteiger partial charge in [0.05, 0.1) is 4.90 Å². The monoisotopic (exact) mass is 544 g/mol. The standard InChI is InChI=1S/C21H28N4O3S.HI/c1-15-12-17(8-11-19(15)29(5,27)28)14-24-21(22-2)23-13-16-6-9-18(10-7-16)20(26)25(3)4;/h6-12H,13-14H2,1-5H3,(H2,22,23,24);1H. The van der Waals surface area contributed by atoms with Gasteiger partial charge in [0.1, 0.15) is 0 Å². The summed E-state index contributed by atoms with van der Waals surface area (Å²) in [5.41, 5.74) is 3.36. The van der Waals surface area contributed by atoms with Crippen molar-refractivity contribution in [1.29, 1.82) is 0 Å². The van der Waals surface area contributed by atoms with E-state index in [0.717, 1.165) is 16.7 Å². The molecule has 164 valence electrons. The highest BCUT2D eigenvalue weighted by Gasteiger charge is 2.11. The van der Waals surface area contributed by atoms with Gasteiger partial charge in [-0.2, -0.15) is 0 Å². The number of halogens is 1. The van der Waals surface area contributed by atoms with Gasteiger partial charge in [-0.25, -0.2) is 8.42 Å². The lowest BCUT2D eigenvalue weighted by Crippen LogP contribution is -2.36. The largest absolute Gasteiger partial charge is 0.352 e. The SMILES string of the molecule is CN=C(NCc1ccc(C(=O)N(C)C)cc1)NCc1ccc(S(C)(=O)=O)c(C)c1.I. The zero-order valence-electron chi connectivity index (χ0n) is 17.9. The maximum Gasteiger partial charge on any atom is 0.253 e. The molecule has 2 aromatic rings. The minimum absolute atomic E-state index is 0. The molecular formula is C21H29IN4O3S. The number of aryl methyl sites for hydroxylation is 1. The number of carbonyl (C=O) groups excluding carboxylic acids is 1. The average molecular weight is 544 g/mol. The molecule has 9 heteroatoms. The van der Waals surface area contributed by atoms with Gasteiger partial charge in [0.15, 0.2) is 15.8 Å². The number of aliphatic imine (C=N–C) groups is 1. The Labute approximate surface area is 195 Å². The van der Waals surface area contributed by atoms with Gasteiger partial charge >= 0.3 is 0 Å². The van der Waals surface area contributed by atoms with Crippen molar-refractivity contribution in [2.75, 3.05) is 27.4 Å². The molecular weight excluding hydrogens is 515 g/mol. The van der Waals surface area contributed by atoms with Gasteiger partial charge in [-0.1, -0.05) is 24.3 Å². The third-order valence-corrected chi connectivity index (χ3v) is 5.65. The van der Waals surface area contributed by atoms with Crippen LogP contribution in [0.25, 0.3) is 0 Å². The van der Waals surface area contributed by atoms with E-state index in [1.807, 2.05) is 30.3 Å². The lowest BCUT2D eigenvalue weighted by atomic mass is 10.1. The van der Waals surface area contributed by atoms with Crippen LogP contribution in [0.3, 0.4) is 0 Å². The van der Waals surface area contributed by atoms with E-state index >= 15 is 0 Å². The summed E-state index contributed by atoms with van der Waals surface area (Å²) >= 11 is 0. The number of nitrogens with one attached hydrogen (secondary N) is 2. The summed E-state index contributed by atoms with van der Waals surface area (Å²) in [7, 11) is 1.92. The summed E-state index contributed by atoms with van der Waals surface area (Å²) in [6.45, 7) is 2.86. The van der Waals surface area contributed by atoms with Crippen molar-refractivity contribution in [2.45, 2.75) is 24.9 Å². The number of sulfone groups is 1. The smallest absolute Gasteiger partial charge is 0.253 e. The van der Waals surface area contributed by atoms with E-state index in [4.69, 9.17) is 0 Å². The first-order valence-electron chi connectivity index (χ1n) is 9.16. The second kappa shape index (κ2) is 11.3. The fourth-order valence-corrected chi connectivity index (χ4v) is 3.81. The summed E-state index contributed by atoms with van der Waals surface area (Å²) < 4.78 is 23.4. The average Bonchev–Trinajstić information content (AvgIpc) is 2.67. The molecule has 0 bridgehead atoms. The predicted molar refractivity (Wildman–Crippen MR) is 131 cm³/mol. The van der Waals surface area contributed by atoms with Crippen LogP contribution in [0.15, 0.2) is 52.4 Å². The van der Waals surface area contributed by atoms with E-state index in [9.17, 15) is 13.2 Å². The van der Waals surface area contributed by atoms with Crippen molar-refractivity contribution >= 4 is 45.7 Å². The molecule has 0 saturated heterocycles. The lowest BCUT2D eigenvalue weighted by Gasteiger charge is -2.14. The quantitative estimate of drug-likeness (QED) is 0.332. The van der Waals surface area contributed by atoms with Crippen LogP contribution in [-0.4, -0.2) is 52.6 Å². The van der Waals surface area contributed by atoms with Gasteiger partial charge in [-0.15, -0.1) is 24.0 Å². The van der Waals surface area contributed by atoms with Crippen LogP contribution >= 0.6 is 24.0 Å². The first-order chi connectivity index (χ1) is 13.6. The molecule has 30 heavy (non-hydrogen) atoms. The van der Waals surface area contributed by atoms with E-state index in [0.29, 0.717) is 29.5 Å². The molecule has 0 aliphatic heterocycles. The minimum Gasteiger partial charge on any atom is -0.352 e. The summed E-state index contributed by atoms with van der Waals surface area (Å²) in [4.78, 5) is 18.0. The van der Waals surface area contributed by atoms with Crippen LogP contribution in [0.1, 0.15) is 27.0 Å². The Bertz CT molecular complexity index is 1000. The summed E-state index contributed by atoms with van der Waals surface area (Å²) in [5.74, 6) is 0.599. The van der Waals surface area contributed by atoms with Gasteiger partial charge in [-0.05, 0) is 41.8 Å².